The van der Waals surface area contributed by atoms with E-state index in [0.717, 1.165) is 35.1 Å². The van der Waals surface area contributed by atoms with Crippen LogP contribution in [-0.4, -0.2) is 35.7 Å². The molecule has 1 fully saturated rings. The number of carboxylic acids is 1. The standard InChI is InChI=1S/C27H23BrN2O5/c28-17-11-16(25(31)30-24(26(32)33)15-9-10-15)12-18(13-17)29-27(34)35-14-23-21-7-3-1-5-19(21)20-6-2-4-8-22(20)23/h1-8,11-13,15,23-24H,9-10,14H2,(H,29,34)(H,30,31)(H,32,33). The lowest BCUT2D eigenvalue weighted by Crippen LogP contribution is -2.42. The van der Waals surface area contributed by atoms with Gasteiger partial charge in [-0.25, -0.2) is 9.59 Å². The second kappa shape index (κ2) is 9.54. The lowest BCUT2D eigenvalue weighted by atomic mass is 9.98. The molecule has 0 saturated heterocycles. The van der Waals surface area contributed by atoms with E-state index < -0.39 is 24.0 Å². The average Bonchev–Trinajstić information content (AvgIpc) is 3.63. The van der Waals surface area contributed by atoms with Crippen LogP contribution in [0.15, 0.2) is 71.2 Å². The summed E-state index contributed by atoms with van der Waals surface area (Å²) in [6.45, 7) is 0.170. The molecule has 1 saturated carbocycles. The Kier molecular flexibility index (Phi) is 6.30. The van der Waals surface area contributed by atoms with Crippen LogP contribution in [0.25, 0.3) is 11.1 Å². The molecular weight excluding hydrogens is 512 g/mol. The van der Waals surface area contributed by atoms with Gasteiger partial charge in [0.25, 0.3) is 5.91 Å². The van der Waals surface area contributed by atoms with Crippen LogP contribution >= 0.6 is 15.9 Å². The van der Waals surface area contributed by atoms with Gasteiger partial charge in [-0.2, -0.15) is 0 Å². The summed E-state index contributed by atoms with van der Waals surface area (Å²) < 4.78 is 6.14. The van der Waals surface area contributed by atoms with Crippen LogP contribution < -0.4 is 10.6 Å². The van der Waals surface area contributed by atoms with Gasteiger partial charge in [0.15, 0.2) is 0 Å². The molecule has 1 atom stereocenters. The predicted molar refractivity (Wildman–Crippen MR) is 134 cm³/mol. The Hall–Kier alpha value is -3.65. The Bertz CT molecular complexity index is 1270. The van der Waals surface area contributed by atoms with Gasteiger partial charge in [0.1, 0.15) is 12.6 Å². The molecule has 178 valence electrons. The SMILES string of the molecule is O=C(Nc1cc(Br)cc(C(=O)NC(C(=O)O)C2CC2)c1)OCC1c2ccccc2-c2ccccc21. The minimum absolute atomic E-state index is 0.0398. The molecule has 0 aliphatic heterocycles. The van der Waals surface area contributed by atoms with Crippen LogP contribution in [-0.2, 0) is 9.53 Å². The summed E-state index contributed by atoms with van der Waals surface area (Å²) in [4.78, 5) is 36.8. The summed E-state index contributed by atoms with van der Waals surface area (Å²) in [7, 11) is 0. The maximum Gasteiger partial charge on any atom is 0.411 e. The van der Waals surface area contributed by atoms with Crippen molar-refractivity contribution in [3.8, 4) is 11.1 Å². The van der Waals surface area contributed by atoms with Crippen molar-refractivity contribution in [2.24, 2.45) is 5.92 Å². The van der Waals surface area contributed by atoms with E-state index in [1.165, 1.54) is 6.07 Å². The van der Waals surface area contributed by atoms with Gasteiger partial charge in [-0.15, -0.1) is 0 Å². The zero-order valence-electron chi connectivity index (χ0n) is 18.7. The van der Waals surface area contributed by atoms with Gasteiger partial charge in [-0.05, 0) is 59.2 Å². The number of amides is 2. The molecule has 3 aromatic rings. The molecule has 2 aliphatic carbocycles. The third kappa shape index (κ3) is 4.93. The van der Waals surface area contributed by atoms with Crippen molar-refractivity contribution in [3.05, 3.63) is 87.9 Å². The largest absolute Gasteiger partial charge is 0.480 e. The predicted octanol–water partition coefficient (Wildman–Crippen LogP) is 5.40. The second-order valence-electron chi connectivity index (χ2n) is 8.81. The Morgan fingerprint density at radius 1 is 0.971 bits per heavy atom. The van der Waals surface area contributed by atoms with E-state index in [0.29, 0.717) is 10.2 Å². The number of carboxylic acid groups (broad SMARTS) is 1. The maximum atomic E-state index is 12.7. The third-order valence-electron chi connectivity index (χ3n) is 6.40. The van der Waals surface area contributed by atoms with E-state index in [9.17, 15) is 19.5 Å². The molecule has 3 N–H and O–H groups in total. The normalized spacial score (nSPS) is 15.0. The number of halogens is 1. The highest BCUT2D eigenvalue weighted by Gasteiger charge is 2.37. The smallest absolute Gasteiger partial charge is 0.411 e. The van der Waals surface area contributed by atoms with Crippen LogP contribution in [0.2, 0.25) is 0 Å². The Morgan fingerprint density at radius 3 is 2.20 bits per heavy atom. The molecule has 5 rings (SSSR count). The zero-order chi connectivity index (χ0) is 24.5. The first-order valence-corrected chi connectivity index (χ1v) is 12.2. The van der Waals surface area contributed by atoms with Gasteiger partial charge >= 0.3 is 12.1 Å². The van der Waals surface area contributed by atoms with Crippen LogP contribution in [0.5, 0.6) is 0 Å². The van der Waals surface area contributed by atoms with Crippen molar-refractivity contribution in [1.82, 2.24) is 5.32 Å². The Labute approximate surface area is 210 Å². The van der Waals surface area contributed by atoms with Crippen molar-refractivity contribution < 1.29 is 24.2 Å². The van der Waals surface area contributed by atoms with Crippen LogP contribution in [0.1, 0.15) is 40.2 Å². The summed E-state index contributed by atoms with van der Waals surface area (Å²) in [5.41, 5.74) is 5.12. The number of nitrogens with one attached hydrogen (secondary N) is 2. The lowest BCUT2D eigenvalue weighted by molar-refractivity contribution is -0.139. The van der Waals surface area contributed by atoms with Gasteiger partial charge in [0.2, 0.25) is 0 Å². The first-order valence-electron chi connectivity index (χ1n) is 11.4. The molecule has 0 bridgehead atoms. The molecule has 0 radical (unpaired) electrons. The summed E-state index contributed by atoms with van der Waals surface area (Å²) >= 11 is 3.35. The maximum absolute atomic E-state index is 12.7. The van der Waals surface area contributed by atoms with Gasteiger partial charge in [0, 0.05) is 21.6 Å². The van der Waals surface area contributed by atoms with Gasteiger partial charge in [-0.1, -0.05) is 64.5 Å². The highest BCUT2D eigenvalue weighted by atomic mass is 79.9. The fourth-order valence-electron chi connectivity index (χ4n) is 4.58. The number of rotatable bonds is 7. The molecule has 0 aromatic heterocycles. The highest BCUT2D eigenvalue weighted by Crippen LogP contribution is 2.44. The number of carbonyl (C=O) groups is 3. The van der Waals surface area contributed by atoms with Crippen molar-refractivity contribution in [2.45, 2.75) is 24.8 Å². The molecule has 0 spiro atoms. The topological polar surface area (TPSA) is 105 Å². The minimum atomic E-state index is -1.05. The number of fused-ring (bicyclic) bond motifs is 3. The van der Waals surface area contributed by atoms with Crippen molar-refractivity contribution >= 4 is 39.6 Å². The van der Waals surface area contributed by atoms with E-state index in [1.54, 1.807) is 12.1 Å². The van der Waals surface area contributed by atoms with E-state index in [2.05, 4.69) is 38.7 Å². The molecule has 3 aromatic carbocycles. The van der Waals surface area contributed by atoms with E-state index in [1.807, 2.05) is 36.4 Å². The van der Waals surface area contributed by atoms with Crippen molar-refractivity contribution in [2.75, 3.05) is 11.9 Å². The third-order valence-corrected chi connectivity index (χ3v) is 6.85. The van der Waals surface area contributed by atoms with Crippen LogP contribution in [0.3, 0.4) is 0 Å². The van der Waals surface area contributed by atoms with Gasteiger partial charge < -0.3 is 15.2 Å². The van der Waals surface area contributed by atoms with Crippen LogP contribution in [0, 0.1) is 5.92 Å². The number of anilines is 1. The zero-order valence-corrected chi connectivity index (χ0v) is 20.2. The number of carbonyl (C=O) groups excluding carboxylic acids is 2. The Balaban J connectivity index is 1.26. The second-order valence-corrected chi connectivity index (χ2v) is 9.72. The summed E-state index contributed by atoms with van der Waals surface area (Å²) in [6, 6.07) is 20.0. The molecule has 0 heterocycles. The first-order chi connectivity index (χ1) is 16.9. The van der Waals surface area contributed by atoms with Crippen molar-refractivity contribution in [3.63, 3.8) is 0 Å². The molecule has 2 amide bonds. The summed E-state index contributed by atoms with van der Waals surface area (Å²) in [5, 5.41) is 14.6. The average molecular weight is 535 g/mol. The monoisotopic (exact) mass is 534 g/mol. The molecule has 2 aliphatic rings. The molecule has 8 heteroatoms. The highest BCUT2D eigenvalue weighted by molar-refractivity contribution is 9.10. The molecular formula is C27H23BrN2O5. The van der Waals surface area contributed by atoms with Gasteiger partial charge in [0.05, 0.1) is 0 Å². The fourth-order valence-corrected chi connectivity index (χ4v) is 5.07. The fraction of sp³-hybridized carbons (Fsp3) is 0.222. The molecule has 7 nitrogen and oxygen atoms in total. The number of hydrogen-bond acceptors (Lipinski definition) is 4. The first kappa shape index (κ1) is 23.1. The lowest BCUT2D eigenvalue weighted by Gasteiger charge is -2.16. The van der Waals surface area contributed by atoms with Crippen molar-refractivity contribution in [1.29, 1.82) is 0 Å². The quantitative estimate of drug-likeness (QED) is 0.376. The van der Waals surface area contributed by atoms with E-state index in [-0.39, 0.29) is 24.0 Å². The molecule has 35 heavy (non-hydrogen) atoms. The van der Waals surface area contributed by atoms with Gasteiger partial charge in [-0.3, -0.25) is 10.1 Å². The number of hydrogen-bond donors (Lipinski definition) is 3. The summed E-state index contributed by atoms with van der Waals surface area (Å²) in [5.74, 6) is -1.66. The Morgan fingerprint density at radius 2 is 1.60 bits per heavy atom. The summed E-state index contributed by atoms with van der Waals surface area (Å²) in [6.07, 6.45) is 0.923. The molecule has 1 unspecified atom stereocenters. The number of benzene rings is 3. The minimum Gasteiger partial charge on any atom is -0.480 e. The van der Waals surface area contributed by atoms with Crippen LogP contribution in [0.4, 0.5) is 10.5 Å². The number of aliphatic carboxylic acids is 1. The van der Waals surface area contributed by atoms with E-state index >= 15 is 0 Å². The number of ether oxygens (including phenoxy) is 1. The van der Waals surface area contributed by atoms with E-state index in [4.69, 9.17) is 4.74 Å².